The summed E-state index contributed by atoms with van der Waals surface area (Å²) < 4.78 is 2.01. The maximum absolute atomic E-state index is 4.84. The van der Waals surface area contributed by atoms with E-state index in [4.69, 9.17) is 4.99 Å². The van der Waals surface area contributed by atoms with Gasteiger partial charge < -0.3 is 20.1 Å². The average molecular weight is 558 g/mol. The number of rotatable bonds is 7. The predicted molar refractivity (Wildman–Crippen MR) is 138 cm³/mol. The van der Waals surface area contributed by atoms with E-state index in [1.54, 1.807) is 0 Å². The standard InChI is InChI=1S/C22H35N7S.HI/c1-17-26-27-21(28(17)2)16-24-22(23-12-9-20-8-5-15-30-20)25-18-10-13-29(14-11-18)19-6-3-4-7-19;/h5,8,15,18-19H,3-4,6-7,9-14,16H2,1-2H3,(H2,23,24,25);1H. The van der Waals surface area contributed by atoms with Crippen LogP contribution < -0.4 is 10.6 Å². The molecule has 172 valence electrons. The normalized spacial score (nSPS) is 18.8. The summed E-state index contributed by atoms with van der Waals surface area (Å²) in [5, 5.41) is 17.8. The summed E-state index contributed by atoms with van der Waals surface area (Å²) >= 11 is 1.81. The molecule has 2 N–H and O–H groups in total. The zero-order valence-corrected chi connectivity index (χ0v) is 21.9. The number of hydrogen-bond acceptors (Lipinski definition) is 5. The van der Waals surface area contributed by atoms with Crippen molar-refractivity contribution in [2.45, 2.75) is 70.5 Å². The maximum Gasteiger partial charge on any atom is 0.191 e. The third-order valence-electron chi connectivity index (χ3n) is 6.52. The number of hydrogen-bond donors (Lipinski definition) is 2. The number of thiophene rings is 1. The van der Waals surface area contributed by atoms with E-state index in [2.05, 4.69) is 43.2 Å². The van der Waals surface area contributed by atoms with Gasteiger partial charge in [0.1, 0.15) is 12.4 Å². The first-order chi connectivity index (χ1) is 14.7. The van der Waals surface area contributed by atoms with Crippen LogP contribution in [0.2, 0.25) is 0 Å². The van der Waals surface area contributed by atoms with Gasteiger partial charge in [0.15, 0.2) is 11.8 Å². The van der Waals surface area contributed by atoms with E-state index in [-0.39, 0.29) is 24.0 Å². The van der Waals surface area contributed by atoms with E-state index in [1.807, 2.05) is 29.9 Å². The van der Waals surface area contributed by atoms with Crippen LogP contribution in [-0.2, 0) is 20.0 Å². The van der Waals surface area contributed by atoms with Gasteiger partial charge in [-0.2, -0.15) is 0 Å². The van der Waals surface area contributed by atoms with Crippen LogP contribution in [0.25, 0.3) is 0 Å². The van der Waals surface area contributed by atoms with Crippen molar-refractivity contribution in [2.24, 2.45) is 12.0 Å². The van der Waals surface area contributed by atoms with Gasteiger partial charge >= 0.3 is 0 Å². The van der Waals surface area contributed by atoms with E-state index in [0.29, 0.717) is 12.6 Å². The molecule has 0 aromatic carbocycles. The summed E-state index contributed by atoms with van der Waals surface area (Å²) in [4.78, 5) is 8.95. The topological polar surface area (TPSA) is 70.4 Å². The Bertz CT molecular complexity index is 806. The summed E-state index contributed by atoms with van der Waals surface area (Å²) in [7, 11) is 2.00. The zero-order chi connectivity index (χ0) is 20.8. The van der Waals surface area contributed by atoms with Crippen LogP contribution in [0.15, 0.2) is 22.5 Å². The lowest BCUT2D eigenvalue weighted by Gasteiger charge is -2.36. The molecule has 0 radical (unpaired) electrons. The van der Waals surface area contributed by atoms with E-state index >= 15 is 0 Å². The maximum atomic E-state index is 4.84. The Morgan fingerprint density at radius 2 is 1.97 bits per heavy atom. The van der Waals surface area contributed by atoms with E-state index in [9.17, 15) is 0 Å². The Morgan fingerprint density at radius 1 is 1.19 bits per heavy atom. The molecule has 31 heavy (non-hydrogen) atoms. The molecule has 0 atom stereocenters. The van der Waals surface area contributed by atoms with Gasteiger partial charge in [-0.1, -0.05) is 18.9 Å². The SMILES string of the molecule is Cc1nnc(CN=C(NCCc2cccs2)NC2CCN(C3CCCC3)CC2)n1C.I. The molecule has 1 saturated carbocycles. The largest absolute Gasteiger partial charge is 0.356 e. The van der Waals surface area contributed by atoms with Gasteiger partial charge in [0.25, 0.3) is 0 Å². The molecule has 1 aliphatic heterocycles. The highest BCUT2D eigenvalue weighted by atomic mass is 127. The van der Waals surface area contributed by atoms with Crippen molar-refractivity contribution in [1.29, 1.82) is 0 Å². The smallest absolute Gasteiger partial charge is 0.191 e. The minimum absolute atomic E-state index is 0. The first kappa shape index (κ1) is 24.4. The lowest BCUT2D eigenvalue weighted by Crippen LogP contribution is -2.50. The first-order valence-corrected chi connectivity index (χ1v) is 12.2. The van der Waals surface area contributed by atoms with Gasteiger partial charge in [-0.3, -0.25) is 0 Å². The van der Waals surface area contributed by atoms with Gasteiger partial charge in [0.05, 0.1) is 0 Å². The predicted octanol–water partition coefficient (Wildman–Crippen LogP) is 3.49. The number of aliphatic imine (C=N–C) groups is 1. The minimum atomic E-state index is 0. The molecule has 9 heteroatoms. The van der Waals surface area contributed by atoms with Gasteiger partial charge in [-0.25, -0.2) is 4.99 Å². The summed E-state index contributed by atoms with van der Waals surface area (Å²) in [6.45, 7) is 5.79. The highest BCUT2D eigenvalue weighted by molar-refractivity contribution is 14.0. The third kappa shape index (κ3) is 6.89. The molecule has 0 spiro atoms. The minimum Gasteiger partial charge on any atom is -0.356 e. The highest BCUT2D eigenvalue weighted by Crippen LogP contribution is 2.26. The van der Waals surface area contributed by atoms with Crippen molar-refractivity contribution in [3.8, 4) is 0 Å². The second kappa shape index (κ2) is 12.2. The molecule has 3 heterocycles. The van der Waals surface area contributed by atoms with Crippen molar-refractivity contribution >= 4 is 41.3 Å². The van der Waals surface area contributed by atoms with E-state index < -0.39 is 0 Å². The number of guanidine groups is 1. The Labute approximate surface area is 207 Å². The van der Waals surface area contributed by atoms with Gasteiger partial charge in [0, 0.05) is 43.6 Å². The van der Waals surface area contributed by atoms with Crippen LogP contribution in [0, 0.1) is 6.92 Å². The van der Waals surface area contributed by atoms with Gasteiger partial charge in [-0.15, -0.1) is 45.5 Å². The van der Waals surface area contributed by atoms with Crippen LogP contribution in [0.3, 0.4) is 0 Å². The summed E-state index contributed by atoms with van der Waals surface area (Å²) in [5.74, 6) is 2.70. The Kier molecular flexibility index (Phi) is 9.58. The van der Waals surface area contributed by atoms with Crippen LogP contribution in [0.1, 0.15) is 55.1 Å². The number of likely N-dealkylation sites (tertiary alicyclic amines) is 1. The number of aromatic nitrogens is 3. The third-order valence-corrected chi connectivity index (χ3v) is 7.45. The van der Waals surface area contributed by atoms with Gasteiger partial charge in [-0.05, 0) is 50.5 Å². The highest BCUT2D eigenvalue weighted by Gasteiger charge is 2.27. The fraction of sp³-hybridized carbons (Fsp3) is 0.682. The molecule has 0 unspecified atom stereocenters. The number of nitrogens with zero attached hydrogens (tertiary/aromatic N) is 5. The van der Waals surface area contributed by atoms with Crippen molar-refractivity contribution in [3.05, 3.63) is 34.0 Å². The molecular formula is C22H36IN7S. The second-order valence-electron chi connectivity index (χ2n) is 8.54. The van der Waals surface area contributed by atoms with Crippen LogP contribution in [-0.4, -0.2) is 57.3 Å². The van der Waals surface area contributed by atoms with Crippen LogP contribution in [0.4, 0.5) is 0 Å². The van der Waals surface area contributed by atoms with Crippen molar-refractivity contribution in [3.63, 3.8) is 0 Å². The molecule has 1 saturated heterocycles. The monoisotopic (exact) mass is 557 g/mol. The van der Waals surface area contributed by atoms with E-state index in [1.165, 1.54) is 56.5 Å². The molecule has 7 nitrogen and oxygen atoms in total. The molecule has 4 rings (SSSR count). The zero-order valence-electron chi connectivity index (χ0n) is 18.7. The molecule has 2 fully saturated rings. The molecular weight excluding hydrogens is 521 g/mol. The molecule has 0 amide bonds. The van der Waals surface area contributed by atoms with E-state index in [0.717, 1.165) is 36.6 Å². The molecule has 0 bridgehead atoms. The Morgan fingerprint density at radius 3 is 2.61 bits per heavy atom. The van der Waals surface area contributed by atoms with Crippen LogP contribution in [0.5, 0.6) is 0 Å². The summed E-state index contributed by atoms with van der Waals surface area (Å²) in [6.07, 6.45) is 9.00. The second-order valence-corrected chi connectivity index (χ2v) is 9.57. The number of nitrogens with one attached hydrogen (secondary N) is 2. The number of aryl methyl sites for hydroxylation is 1. The van der Waals surface area contributed by atoms with Gasteiger partial charge in [0.2, 0.25) is 0 Å². The first-order valence-electron chi connectivity index (χ1n) is 11.3. The molecule has 1 aliphatic carbocycles. The lowest BCUT2D eigenvalue weighted by atomic mass is 10.0. The fourth-order valence-corrected chi connectivity index (χ4v) is 5.23. The average Bonchev–Trinajstić information content (AvgIpc) is 3.52. The Balaban J connectivity index is 0.00000272. The molecule has 2 aromatic rings. The van der Waals surface area contributed by atoms with Crippen molar-refractivity contribution < 1.29 is 0 Å². The van der Waals surface area contributed by atoms with Crippen molar-refractivity contribution in [2.75, 3.05) is 19.6 Å². The summed E-state index contributed by atoms with van der Waals surface area (Å²) in [5.41, 5.74) is 0. The fourth-order valence-electron chi connectivity index (χ4n) is 4.52. The lowest BCUT2D eigenvalue weighted by molar-refractivity contribution is 0.150. The molecule has 2 aromatic heterocycles. The summed E-state index contributed by atoms with van der Waals surface area (Å²) in [6, 6.07) is 5.62. The van der Waals surface area contributed by atoms with Crippen molar-refractivity contribution in [1.82, 2.24) is 30.3 Å². The van der Waals surface area contributed by atoms with Crippen LogP contribution >= 0.6 is 35.3 Å². The Hall–Kier alpha value is -1.20. The molecule has 2 aliphatic rings. The quantitative estimate of drug-likeness (QED) is 0.310. The number of piperidine rings is 1. The number of halogens is 1.